The van der Waals surface area contributed by atoms with Gasteiger partial charge >= 0.3 is 0 Å². The van der Waals surface area contributed by atoms with Crippen molar-refractivity contribution in [1.82, 2.24) is 39.5 Å². The molecule has 32 heavy (non-hydrogen) atoms. The molecule has 10 heteroatoms. The Bertz CT molecular complexity index is 1350. The topological polar surface area (TPSA) is 133 Å². The Balaban J connectivity index is 1.44. The minimum atomic E-state index is 0.202. The maximum Gasteiger partial charge on any atom is 0.219 e. The second kappa shape index (κ2) is 8.34. The van der Waals surface area contributed by atoms with Gasteiger partial charge in [-0.25, -0.2) is 24.9 Å². The zero-order chi connectivity index (χ0) is 21.9. The maximum atomic E-state index is 5.61. The predicted octanol–water partition coefficient (Wildman–Crippen LogP) is 2.95. The SMILES string of the molecule is CCn1cnc2c(NCc3ccc(-c4ccccn4)nc3)nc(-c3cnc(N)nc3)nc21. The lowest BCUT2D eigenvalue weighted by atomic mass is 10.2. The van der Waals surface area contributed by atoms with E-state index >= 15 is 0 Å². The van der Waals surface area contributed by atoms with Crippen LogP contribution in [0, 0.1) is 0 Å². The number of aryl methyl sites for hydroxylation is 1. The molecule has 5 aromatic heterocycles. The largest absolute Gasteiger partial charge is 0.368 e. The highest BCUT2D eigenvalue weighted by molar-refractivity contribution is 5.85. The van der Waals surface area contributed by atoms with Crippen molar-refractivity contribution in [1.29, 1.82) is 0 Å². The Labute approximate surface area is 183 Å². The van der Waals surface area contributed by atoms with E-state index in [-0.39, 0.29) is 5.95 Å². The fourth-order valence-electron chi connectivity index (χ4n) is 3.26. The summed E-state index contributed by atoms with van der Waals surface area (Å²) in [6, 6.07) is 9.73. The summed E-state index contributed by atoms with van der Waals surface area (Å²) in [5.74, 6) is 1.33. The quantitative estimate of drug-likeness (QED) is 0.422. The number of hydrogen-bond acceptors (Lipinski definition) is 9. The number of pyridine rings is 2. The Hall–Kier alpha value is -4.47. The van der Waals surface area contributed by atoms with Gasteiger partial charge in [-0.05, 0) is 30.7 Å². The molecule has 0 amide bonds. The van der Waals surface area contributed by atoms with Crippen molar-refractivity contribution in [3.05, 3.63) is 67.0 Å². The maximum absolute atomic E-state index is 5.61. The molecule has 0 aliphatic heterocycles. The van der Waals surface area contributed by atoms with Crippen molar-refractivity contribution >= 4 is 22.9 Å². The minimum absolute atomic E-state index is 0.202. The van der Waals surface area contributed by atoms with Crippen LogP contribution in [0.1, 0.15) is 12.5 Å². The molecular weight excluding hydrogens is 404 g/mol. The Kier molecular flexibility index (Phi) is 5.08. The molecule has 0 saturated heterocycles. The number of nitrogens with one attached hydrogen (secondary N) is 1. The molecule has 0 saturated carbocycles. The molecule has 0 aliphatic carbocycles. The lowest BCUT2D eigenvalue weighted by molar-refractivity contribution is 0.777. The van der Waals surface area contributed by atoms with E-state index in [2.05, 4.69) is 40.2 Å². The summed E-state index contributed by atoms with van der Waals surface area (Å²) in [6.45, 7) is 3.30. The Morgan fingerprint density at radius 3 is 2.47 bits per heavy atom. The van der Waals surface area contributed by atoms with Crippen molar-refractivity contribution in [2.24, 2.45) is 0 Å². The van der Waals surface area contributed by atoms with Crippen LogP contribution >= 0.6 is 0 Å². The molecule has 5 heterocycles. The van der Waals surface area contributed by atoms with Crippen LogP contribution in [0.15, 0.2) is 61.4 Å². The lowest BCUT2D eigenvalue weighted by Gasteiger charge is -2.10. The molecule has 0 fully saturated rings. The number of nitrogens with zero attached hydrogens (tertiary/aromatic N) is 8. The van der Waals surface area contributed by atoms with Gasteiger partial charge in [0.2, 0.25) is 5.95 Å². The molecule has 0 unspecified atom stereocenters. The molecule has 5 aromatic rings. The molecule has 158 valence electrons. The average Bonchev–Trinajstić information content (AvgIpc) is 3.27. The van der Waals surface area contributed by atoms with Crippen LogP contribution in [0.25, 0.3) is 33.9 Å². The molecule has 0 aliphatic rings. The first-order valence-electron chi connectivity index (χ1n) is 10.1. The zero-order valence-corrected chi connectivity index (χ0v) is 17.3. The first-order chi connectivity index (χ1) is 15.7. The smallest absolute Gasteiger partial charge is 0.219 e. The summed E-state index contributed by atoms with van der Waals surface area (Å²) in [5.41, 5.74) is 10.4. The van der Waals surface area contributed by atoms with Crippen molar-refractivity contribution in [3.8, 4) is 22.8 Å². The van der Waals surface area contributed by atoms with E-state index in [0.29, 0.717) is 29.3 Å². The van der Waals surface area contributed by atoms with Gasteiger partial charge in [-0.1, -0.05) is 12.1 Å². The first-order valence-corrected chi connectivity index (χ1v) is 10.1. The molecule has 0 aromatic carbocycles. The van der Waals surface area contributed by atoms with Crippen molar-refractivity contribution in [2.75, 3.05) is 11.1 Å². The number of aromatic nitrogens is 8. The second-order valence-electron chi connectivity index (χ2n) is 7.05. The van der Waals surface area contributed by atoms with Crippen LogP contribution in [0.4, 0.5) is 11.8 Å². The fraction of sp³-hybridized carbons (Fsp3) is 0.136. The Morgan fingerprint density at radius 1 is 0.906 bits per heavy atom. The van der Waals surface area contributed by atoms with Crippen LogP contribution in [0.2, 0.25) is 0 Å². The summed E-state index contributed by atoms with van der Waals surface area (Å²) in [5, 5.41) is 3.37. The van der Waals surface area contributed by atoms with E-state index in [9.17, 15) is 0 Å². The standard InChI is InChI=1S/C22H20N10/c1-2-32-13-29-18-20(30-19(31-21(18)32)15-11-27-22(23)28-12-15)26-10-14-6-7-17(25-9-14)16-5-3-4-8-24-16/h3-9,11-13H,2,10H2,1H3,(H2,23,27,28)(H,26,30,31). The predicted molar refractivity (Wildman–Crippen MR) is 121 cm³/mol. The third kappa shape index (κ3) is 3.81. The molecular formula is C22H20N10. The monoisotopic (exact) mass is 424 g/mol. The molecule has 5 rings (SSSR count). The van der Waals surface area contributed by atoms with Crippen LogP contribution in [0.5, 0.6) is 0 Å². The summed E-state index contributed by atoms with van der Waals surface area (Å²) in [6.07, 6.45) is 8.57. The van der Waals surface area contributed by atoms with Crippen molar-refractivity contribution in [3.63, 3.8) is 0 Å². The number of nitrogen functional groups attached to an aromatic ring is 1. The normalized spacial score (nSPS) is 11.0. The number of imidazole rings is 1. The molecule has 0 bridgehead atoms. The Morgan fingerprint density at radius 2 is 1.75 bits per heavy atom. The van der Waals surface area contributed by atoms with Gasteiger partial charge in [-0.2, -0.15) is 0 Å². The first kappa shape index (κ1) is 19.5. The second-order valence-corrected chi connectivity index (χ2v) is 7.05. The van der Waals surface area contributed by atoms with E-state index in [1.807, 2.05) is 48.0 Å². The van der Waals surface area contributed by atoms with E-state index in [4.69, 9.17) is 5.73 Å². The van der Waals surface area contributed by atoms with Gasteiger partial charge in [0.25, 0.3) is 0 Å². The third-order valence-electron chi connectivity index (χ3n) is 4.95. The summed E-state index contributed by atoms with van der Waals surface area (Å²) >= 11 is 0. The van der Waals surface area contributed by atoms with Crippen molar-refractivity contribution < 1.29 is 0 Å². The lowest BCUT2D eigenvalue weighted by Crippen LogP contribution is -2.06. The van der Waals surface area contributed by atoms with E-state index in [1.54, 1.807) is 24.9 Å². The average molecular weight is 424 g/mol. The molecule has 0 spiro atoms. The van der Waals surface area contributed by atoms with Gasteiger partial charge in [-0.15, -0.1) is 0 Å². The van der Waals surface area contributed by atoms with Gasteiger partial charge in [0, 0.05) is 37.9 Å². The fourth-order valence-corrected chi connectivity index (χ4v) is 3.26. The van der Waals surface area contributed by atoms with E-state index in [1.165, 1.54) is 0 Å². The van der Waals surface area contributed by atoms with Gasteiger partial charge in [-0.3, -0.25) is 9.97 Å². The van der Waals surface area contributed by atoms with Gasteiger partial charge in [0.05, 0.1) is 23.3 Å². The van der Waals surface area contributed by atoms with Crippen molar-refractivity contribution in [2.45, 2.75) is 20.0 Å². The molecule has 10 nitrogen and oxygen atoms in total. The van der Waals surface area contributed by atoms with Gasteiger partial charge in [0.15, 0.2) is 17.3 Å². The number of anilines is 2. The summed E-state index contributed by atoms with van der Waals surface area (Å²) in [7, 11) is 0. The highest BCUT2D eigenvalue weighted by Gasteiger charge is 2.14. The molecule has 0 radical (unpaired) electrons. The minimum Gasteiger partial charge on any atom is -0.368 e. The van der Waals surface area contributed by atoms with Crippen LogP contribution in [0.3, 0.4) is 0 Å². The number of rotatable bonds is 6. The highest BCUT2D eigenvalue weighted by Crippen LogP contribution is 2.24. The van der Waals surface area contributed by atoms with Gasteiger partial charge in [0.1, 0.15) is 5.52 Å². The molecule has 0 atom stereocenters. The van der Waals surface area contributed by atoms with Crippen LogP contribution in [-0.4, -0.2) is 39.5 Å². The third-order valence-corrected chi connectivity index (χ3v) is 4.95. The number of fused-ring (bicyclic) bond motifs is 1. The number of hydrogen-bond donors (Lipinski definition) is 2. The van der Waals surface area contributed by atoms with Gasteiger partial charge < -0.3 is 15.6 Å². The summed E-state index contributed by atoms with van der Waals surface area (Å²) in [4.78, 5) is 30.8. The van der Waals surface area contributed by atoms with Crippen LogP contribution in [-0.2, 0) is 13.1 Å². The zero-order valence-electron chi connectivity index (χ0n) is 17.3. The highest BCUT2D eigenvalue weighted by atomic mass is 15.2. The van der Waals surface area contributed by atoms with E-state index < -0.39 is 0 Å². The van der Waals surface area contributed by atoms with E-state index in [0.717, 1.165) is 29.1 Å². The number of nitrogens with two attached hydrogens (primary N) is 1. The summed E-state index contributed by atoms with van der Waals surface area (Å²) < 4.78 is 1.97. The molecule has 3 N–H and O–H groups in total. The van der Waals surface area contributed by atoms with Crippen LogP contribution < -0.4 is 11.1 Å².